The second kappa shape index (κ2) is 21.3. The van der Waals surface area contributed by atoms with Crippen LogP contribution in [-0.2, 0) is 54.3 Å². The van der Waals surface area contributed by atoms with E-state index >= 15 is 8.78 Å². The summed E-state index contributed by atoms with van der Waals surface area (Å²) in [6, 6.07) is 14.0. The number of ketones is 5. The molecule has 1 aliphatic heterocycles. The molecule has 0 bridgehead atoms. The Kier molecular flexibility index (Phi) is 16.5. The number of aliphatic hydroxyl groups excluding tert-OH is 2. The van der Waals surface area contributed by atoms with Crippen LogP contribution in [0.15, 0.2) is 82.1 Å². The van der Waals surface area contributed by atoms with Crippen molar-refractivity contribution in [2.75, 3.05) is 12.9 Å². The molecule has 13 nitrogen and oxygen atoms in total. The highest BCUT2D eigenvalue weighted by Gasteiger charge is 2.80. The number of hydrogen-bond acceptors (Lipinski definition) is 14. The summed E-state index contributed by atoms with van der Waals surface area (Å²) >= 11 is 2.92. The molecule has 3 N–H and O–H groups in total. The van der Waals surface area contributed by atoms with E-state index in [4.69, 9.17) is 19.1 Å². The molecule has 2 aromatic rings. The topological polar surface area (TPSA) is 208 Å². The van der Waals surface area contributed by atoms with Gasteiger partial charge in [-0.3, -0.25) is 28.8 Å². The van der Waals surface area contributed by atoms with Crippen LogP contribution in [-0.4, -0.2) is 105 Å². The second-order valence-electron chi connectivity index (χ2n) is 19.1. The number of nitrogens with one attached hydrogen (secondary N) is 1. The van der Waals surface area contributed by atoms with Crippen LogP contribution in [0.25, 0.3) is 0 Å². The van der Waals surface area contributed by atoms with E-state index in [1.165, 1.54) is 42.6 Å². The lowest BCUT2D eigenvalue weighted by atomic mass is 9.44. The van der Waals surface area contributed by atoms with Crippen molar-refractivity contribution in [2.45, 2.75) is 143 Å². The van der Waals surface area contributed by atoms with Crippen LogP contribution in [0.1, 0.15) is 97.0 Å². The quantitative estimate of drug-likeness (QED) is 0.144. The number of rotatable bonds is 18. The first-order valence-corrected chi connectivity index (χ1v) is 24.9. The van der Waals surface area contributed by atoms with Crippen molar-refractivity contribution in [1.82, 2.24) is 5.32 Å². The summed E-state index contributed by atoms with van der Waals surface area (Å²) in [5, 5.41) is 24.8. The monoisotopic (exact) mass is 979 g/mol. The van der Waals surface area contributed by atoms with Crippen molar-refractivity contribution in [3.05, 3.63) is 83.5 Å². The molecule has 4 aliphatic carbocycles. The van der Waals surface area contributed by atoms with E-state index in [1.807, 2.05) is 49.6 Å². The number of ether oxygens (including phenoxy) is 2. The fourth-order valence-electron chi connectivity index (χ4n) is 11.4. The average molecular weight is 980 g/mol. The number of amides is 1. The summed E-state index contributed by atoms with van der Waals surface area (Å²) < 4.78 is 46.8. The predicted octanol–water partition coefficient (Wildman–Crippen LogP) is 6.60. The molecule has 3 saturated carbocycles. The fraction of sp³-hybridized carbons (Fsp3) is 0.549. The van der Waals surface area contributed by atoms with Gasteiger partial charge in [0, 0.05) is 63.7 Å². The van der Waals surface area contributed by atoms with Crippen molar-refractivity contribution < 1.29 is 66.8 Å². The minimum absolute atomic E-state index is 0.00686. The van der Waals surface area contributed by atoms with Gasteiger partial charge in [0.1, 0.15) is 24.3 Å². The third-order valence-electron chi connectivity index (χ3n) is 15.1. The Hall–Kier alpha value is -4.48. The highest BCUT2D eigenvalue weighted by molar-refractivity contribution is 8.00. The molecular formula is C51H59F2NO12S2. The molecule has 5 aliphatic rings. The zero-order valence-corrected chi connectivity index (χ0v) is 40.6. The number of halogens is 2. The first-order chi connectivity index (χ1) is 32.1. The van der Waals surface area contributed by atoms with Crippen LogP contribution in [0.4, 0.5) is 8.78 Å². The van der Waals surface area contributed by atoms with Gasteiger partial charge in [-0.05, 0) is 106 Å². The second-order valence-corrected chi connectivity index (χ2v) is 21.4. The molecule has 1 amide bonds. The van der Waals surface area contributed by atoms with Crippen LogP contribution in [0, 0.1) is 28.6 Å². The van der Waals surface area contributed by atoms with Gasteiger partial charge in [-0.15, -0.1) is 0 Å². The van der Waals surface area contributed by atoms with E-state index in [0.29, 0.717) is 18.4 Å². The molecule has 1 unspecified atom stereocenters. The molecule has 13 atom stereocenters. The Labute approximate surface area is 403 Å². The molecule has 0 radical (unpaired) electrons. The van der Waals surface area contributed by atoms with Crippen LogP contribution in [0.3, 0.4) is 0 Å². The van der Waals surface area contributed by atoms with Crippen molar-refractivity contribution in [1.29, 1.82) is 0 Å². The Morgan fingerprint density at radius 1 is 0.971 bits per heavy atom. The first-order valence-electron chi connectivity index (χ1n) is 22.8. The molecule has 0 aromatic heterocycles. The lowest BCUT2D eigenvalue weighted by Crippen LogP contribution is -2.70. The van der Waals surface area contributed by atoms with Crippen molar-refractivity contribution >= 4 is 64.5 Å². The zero-order chi connectivity index (χ0) is 49.9. The standard InChI is InChI=1S/C50H59F2NO10S2.CO2/c1-27(19-32(55)10-8-12-40(57)29(3)64-6)45(61)53-28(2)41(58)21-30-9-7-11-35(20-30)65-34-15-13-31(14-16-34)46-62-44-24-36-37-23-39(51)38-22-33(56)17-18-47(38,4)49(37,52)42(59)25-48(36,5)50(44,63-46)43(60)26-54;2-1-3/h7,9,11,13-18,20,22,27-29,36-37,39,42,44,46,54,59H,8,10,12,19,21,23-26H2,1-6H3,(H,53,61);/t27-,28+,29?,36+,37+,39+,42+,44-,46-,47+,48+,49+,50-;/m1./s1. The van der Waals surface area contributed by atoms with Gasteiger partial charge in [0.05, 0.1) is 23.5 Å². The minimum atomic E-state index is -2.34. The summed E-state index contributed by atoms with van der Waals surface area (Å²) in [5.41, 5.74) is -5.57. The van der Waals surface area contributed by atoms with Gasteiger partial charge in [0.2, 0.25) is 5.91 Å². The van der Waals surface area contributed by atoms with Crippen molar-refractivity contribution in [3.8, 4) is 0 Å². The van der Waals surface area contributed by atoms with E-state index in [9.17, 15) is 39.0 Å². The highest BCUT2D eigenvalue weighted by atomic mass is 32.2. The van der Waals surface area contributed by atoms with E-state index in [0.717, 1.165) is 21.4 Å². The SMILES string of the molecule is CSC(C)C(=O)CCCC(=O)C[C@@H](C)C(=O)N[C@@H](C)C(=O)Cc1cccc(Sc2ccc([C@@H]3O[C@@H]4C[C@H]5[C@@H]6C[C@H](F)C7=CC(=O)C=C[C@]7(C)[C@@]6(F)[C@@H](O)C[C@]5(C)[C@]4(C(=O)CO)O3)cc2)c1.O=C=O. The molecule has 17 heteroatoms. The van der Waals surface area contributed by atoms with E-state index in [2.05, 4.69) is 5.32 Å². The summed E-state index contributed by atoms with van der Waals surface area (Å²) in [6.07, 6.45) is 1.31. The lowest BCUT2D eigenvalue weighted by molar-refractivity contribution is -0.235. The maximum absolute atomic E-state index is 17.7. The van der Waals surface area contributed by atoms with Gasteiger partial charge in [-0.25, -0.2) is 8.78 Å². The number of carbonyl (C=O) groups excluding carboxylic acids is 8. The summed E-state index contributed by atoms with van der Waals surface area (Å²) in [5.74, 6) is -4.00. The average Bonchev–Trinajstić information content (AvgIpc) is 3.80. The predicted molar refractivity (Wildman–Crippen MR) is 246 cm³/mol. The maximum Gasteiger partial charge on any atom is 0.373 e. The van der Waals surface area contributed by atoms with Crippen LogP contribution < -0.4 is 5.32 Å². The number of hydrogen-bond donors (Lipinski definition) is 3. The fourth-order valence-corrected chi connectivity index (χ4v) is 12.7. The van der Waals surface area contributed by atoms with Crippen LogP contribution >= 0.6 is 23.5 Å². The first kappa shape index (κ1) is 52.9. The minimum Gasteiger partial charge on any atom is -0.390 e. The number of allylic oxidation sites excluding steroid dienone is 4. The van der Waals surface area contributed by atoms with Gasteiger partial charge < -0.3 is 25.0 Å². The smallest absolute Gasteiger partial charge is 0.373 e. The molecule has 2 aromatic carbocycles. The molecule has 68 heavy (non-hydrogen) atoms. The Bertz CT molecular complexity index is 2390. The summed E-state index contributed by atoms with van der Waals surface area (Å²) in [6.45, 7) is 7.49. The molecular weight excluding hydrogens is 921 g/mol. The van der Waals surface area contributed by atoms with E-state index in [1.54, 1.807) is 32.9 Å². The number of Topliss-reactive ketones (excluding diaryl/α,β-unsaturated/α-hetero) is 4. The van der Waals surface area contributed by atoms with Crippen molar-refractivity contribution in [3.63, 3.8) is 0 Å². The third-order valence-corrected chi connectivity index (χ3v) is 17.1. The Morgan fingerprint density at radius 2 is 1.66 bits per heavy atom. The zero-order valence-electron chi connectivity index (χ0n) is 39.0. The molecule has 1 saturated heterocycles. The number of benzene rings is 2. The number of alkyl halides is 2. The van der Waals surface area contributed by atoms with Gasteiger partial charge in [0.25, 0.3) is 0 Å². The third kappa shape index (κ3) is 9.81. The summed E-state index contributed by atoms with van der Waals surface area (Å²) in [7, 11) is 0. The molecule has 0 spiro atoms. The van der Waals surface area contributed by atoms with Crippen molar-refractivity contribution in [2.24, 2.45) is 28.6 Å². The summed E-state index contributed by atoms with van der Waals surface area (Å²) in [4.78, 5) is 94.7. The lowest BCUT2D eigenvalue weighted by Gasteiger charge is -2.63. The number of carbonyl (C=O) groups is 6. The molecule has 7 rings (SSSR count). The van der Waals surface area contributed by atoms with Gasteiger partial charge in [-0.2, -0.15) is 21.4 Å². The van der Waals surface area contributed by atoms with Gasteiger partial charge >= 0.3 is 6.15 Å². The Morgan fingerprint density at radius 3 is 2.32 bits per heavy atom. The van der Waals surface area contributed by atoms with E-state index < -0.39 is 88.7 Å². The van der Waals surface area contributed by atoms with Gasteiger partial charge in [0.15, 0.2) is 34.9 Å². The normalized spacial score (nSPS) is 32.3. The number of fused-ring (bicyclic) bond motifs is 7. The van der Waals surface area contributed by atoms with Gasteiger partial charge in [-0.1, -0.05) is 56.0 Å². The number of thioether (sulfide) groups is 1. The highest BCUT2D eigenvalue weighted by Crippen LogP contribution is 2.72. The molecule has 1 heterocycles. The van der Waals surface area contributed by atoms with E-state index in [-0.39, 0.29) is 78.8 Å². The Balaban J connectivity index is 0.00000247. The maximum atomic E-state index is 17.7. The van der Waals surface area contributed by atoms with Crippen LogP contribution in [0.5, 0.6) is 0 Å². The largest absolute Gasteiger partial charge is 0.390 e. The molecule has 366 valence electrons. The number of aliphatic hydroxyl groups is 2. The molecule has 4 fully saturated rings. The van der Waals surface area contributed by atoms with Crippen LogP contribution in [0.2, 0.25) is 0 Å².